The lowest BCUT2D eigenvalue weighted by molar-refractivity contribution is -0.136. The predicted molar refractivity (Wildman–Crippen MR) is 93.1 cm³/mol. The van der Waals surface area contributed by atoms with Gasteiger partial charge in [-0.05, 0) is 13.8 Å². The maximum Gasteiger partial charge on any atom is 0.384 e. The van der Waals surface area contributed by atoms with Crippen molar-refractivity contribution in [3.05, 3.63) is 18.1 Å². The van der Waals surface area contributed by atoms with Crippen LogP contribution in [0.4, 0.5) is 5.82 Å². The van der Waals surface area contributed by atoms with Crippen molar-refractivity contribution in [2.75, 3.05) is 18.9 Å². The lowest BCUT2D eigenvalue weighted by Crippen LogP contribution is -2.44. The van der Waals surface area contributed by atoms with Crippen LogP contribution >= 0.6 is 0 Å². The van der Waals surface area contributed by atoms with Gasteiger partial charge in [0, 0.05) is 12.1 Å². The molecule has 2 aromatic rings. The minimum atomic E-state index is -1.72. The molecule has 10 heteroatoms. The molecule has 1 fully saturated rings. The number of nitrogens with zero attached hydrogens (tertiary/aromatic N) is 3. The van der Waals surface area contributed by atoms with E-state index in [1.807, 2.05) is 0 Å². The summed E-state index contributed by atoms with van der Waals surface area (Å²) in [7, 11) is 0. The van der Waals surface area contributed by atoms with Gasteiger partial charge in [0.05, 0.1) is 24.2 Å². The van der Waals surface area contributed by atoms with Crippen LogP contribution < -0.4 is 5.73 Å². The van der Waals surface area contributed by atoms with Gasteiger partial charge in [-0.25, -0.2) is 14.8 Å². The molecule has 0 aromatic carbocycles. The zero-order chi connectivity index (χ0) is 19.8. The SMILES string of the molecule is CCOC(=O)C#Cc1cn(C2OC(CO)C(O)[C@@]2(C)O)c2ncnc(N)c12. The lowest BCUT2D eigenvalue weighted by Gasteiger charge is -2.27. The van der Waals surface area contributed by atoms with Crippen molar-refractivity contribution in [3.8, 4) is 11.8 Å². The van der Waals surface area contributed by atoms with E-state index in [1.165, 1.54) is 24.0 Å². The number of aliphatic hydroxyl groups is 3. The summed E-state index contributed by atoms with van der Waals surface area (Å²) in [5, 5.41) is 30.7. The summed E-state index contributed by atoms with van der Waals surface area (Å²) in [5.74, 6) is 4.44. The topological polar surface area (TPSA) is 153 Å². The highest BCUT2D eigenvalue weighted by Crippen LogP contribution is 2.40. The molecule has 1 aliphatic rings. The van der Waals surface area contributed by atoms with E-state index in [-0.39, 0.29) is 12.4 Å². The van der Waals surface area contributed by atoms with Crippen LogP contribution in [0.2, 0.25) is 0 Å². The lowest BCUT2D eigenvalue weighted by atomic mass is 9.96. The number of hydrogen-bond donors (Lipinski definition) is 4. The van der Waals surface area contributed by atoms with Crippen molar-refractivity contribution < 1.29 is 29.6 Å². The van der Waals surface area contributed by atoms with Gasteiger partial charge in [-0.3, -0.25) is 0 Å². The van der Waals surface area contributed by atoms with E-state index in [2.05, 4.69) is 21.8 Å². The number of rotatable bonds is 3. The number of nitrogens with two attached hydrogens (primary N) is 1. The molecule has 0 radical (unpaired) electrons. The molecule has 144 valence electrons. The van der Waals surface area contributed by atoms with Gasteiger partial charge in [-0.1, -0.05) is 5.92 Å². The van der Waals surface area contributed by atoms with Gasteiger partial charge in [0.15, 0.2) is 6.23 Å². The summed E-state index contributed by atoms with van der Waals surface area (Å²) in [6.07, 6.45) is -0.637. The molecular weight excluding hydrogens is 356 g/mol. The molecule has 3 heterocycles. The van der Waals surface area contributed by atoms with Crippen LogP contribution in [-0.4, -0.2) is 66.8 Å². The number of carbonyl (C=O) groups excluding carboxylic acids is 1. The highest BCUT2D eigenvalue weighted by Gasteiger charge is 2.53. The minimum absolute atomic E-state index is 0.129. The van der Waals surface area contributed by atoms with Gasteiger partial charge in [0.25, 0.3) is 0 Å². The first-order chi connectivity index (χ1) is 12.8. The van der Waals surface area contributed by atoms with Gasteiger partial charge in [0.2, 0.25) is 0 Å². The summed E-state index contributed by atoms with van der Waals surface area (Å²) in [6, 6.07) is 0. The molecule has 0 spiro atoms. The molecule has 0 aliphatic carbocycles. The first-order valence-electron chi connectivity index (χ1n) is 8.27. The third-order valence-electron chi connectivity index (χ3n) is 4.40. The molecule has 3 rings (SSSR count). The number of anilines is 1. The number of ether oxygens (including phenoxy) is 2. The van der Waals surface area contributed by atoms with Crippen molar-refractivity contribution in [1.29, 1.82) is 0 Å². The number of aliphatic hydroxyl groups excluding tert-OH is 2. The summed E-state index contributed by atoms with van der Waals surface area (Å²) >= 11 is 0. The zero-order valence-corrected chi connectivity index (χ0v) is 14.8. The van der Waals surface area contributed by atoms with Crippen molar-refractivity contribution in [1.82, 2.24) is 14.5 Å². The predicted octanol–water partition coefficient (Wildman–Crippen LogP) is -1.07. The van der Waals surface area contributed by atoms with Gasteiger partial charge >= 0.3 is 5.97 Å². The van der Waals surface area contributed by atoms with Crippen molar-refractivity contribution in [3.63, 3.8) is 0 Å². The summed E-state index contributed by atoms with van der Waals surface area (Å²) < 4.78 is 11.8. The van der Waals surface area contributed by atoms with E-state index in [4.69, 9.17) is 15.2 Å². The fraction of sp³-hybridized carbons (Fsp3) is 0.471. The van der Waals surface area contributed by atoms with Crippen LogP contribution in [0.3, 0.4) is 0 Å². The maximum atomic E-state index is 11.5. The molecule has 0 bridgehead atoms. The smallest absolute Gasteiger partial charge is 0.384 e. The number of hydrogen-bond acceptors (Lipinski definition) is 9. The molecule has 3 unspecified atom stereocenters. The quantitative estimate of drug-likeness (QED) is 0.387. The van der Waals surface area contributed by atoms with Gasteiger partial charge < -0.3 is 35.1 Å². The molecule has 5 N–H and O–H groups in total. The van der Waals surface area contributed by atoms with Crippen LogP contribution in [0.15, 0.2) is 12.5 Å². The van der Waals surface area contributed by atoms with Gasteiger partial charge in [-0.2, -0.15) is 0 Å². The van der Waals surface area contributed by atoms with Crippen LogP contribution in [0.25, 0.3) is 11.0 Å². The number of nitrogen functional groups attached to an aromatic ring is 1. The molecule has 27 heavy (non-hydrogen) atoms. The van der Waals surface area contributed by atoms with Crippen molar-refractivity contribution >= 4 is 22.8 Å². The van der Waals surface area contributed by atoms with E-state index >= 15 is 0 Å². The van der Waals surface area contributed by atoms with E-state index in [0.717, 1.165) is 0 Å². The van der Waals surface area contributed by atoms with Crippen LogP contribution in [0.5, 0.6) is 0 Å². The van der Waals surface area contributed by atoms with Crippen molar-refractivity contribution in [2.24, 2.45) is 0 Å². The van der Waals surface area contributed by atoms with E-state index in [0.29, 0.717) is 16.6 Å². The largest absolute Gasteiger partial charge is 0.456 e. The second-order valence-corrected chi connectivity index (χ2v) is 6.26. The Kier molecular flexibility index (Phi) is 5.03. The Morgan fingerprint density at radius 2 is 2.26 bits per heavy atom. The first-order valence-corrected chi connectivity index (χ1v) is 8.27. The number of esters is 1. The molecule has 4 atom stereocenters. The highest BCUT2D eigenvalue weighted by molar-refractivity contribution is 5.95. The number of aromatic nitrogens is 3. The Balaban J connectivity index is 2.13. The second-order valence-electron chi connectivity index (χ2n) is 6.26. The summed E-state index contributed by atoms with van der Waals surface area (Å²) in [5.41, 5.74) is 4.85. The molecule has 2 aromatic heterocycles. The summed E-state index contributed by atoms with van der Waals surface area (Å²) in [4.78, 5) is 19.6. The molecule has 1 saturated heterocycles. The van der Waals surface area contributed by atoms with E-state index in [1.54, 1.807) is 6.92 Å². The fourth-order valence-electron chi connectivity index (χ4n) is 3.06. The molecule has 1 aliphatic heterocycles. The third-order valence-corrected chi connectivity index (χ3v) is 4.40. The highest BCUT2D eigenvalue weighted by atomic mass is 16.6. The van der Waals surface area contributed by atoms with Crippen LogP contribution in [-0.2, 0) is 14.3 Å². The molecule has 10 nitrogen and oxygen atoms in total. The van der Waals surface area contributed by atoms with Crippen LogP contribution in [0, 0.1) is 11.8 Å². The number of fused-ring (bicyclic) bond motifs is 1. The van der Waals surface area contributed by atoms with E-state index in [9.17, 15) is 20.1 Å². The molecular formula is C17H20N4O6. The third kappa shape index (κ3) is 3.22. The minimum Gasteiger partial charge on any atom is -0.456 e. The van der Waals surface area contributed by atoms with E-state index < -0.39 is 36.6 Å². The standard InChI is InChI=1S/C17H20N4O6/c1-3-26-11(23)5-4-9-6-21(15-12(9)14(18)19-8-20-15)16-17(2,25)13(24)10(7-22)27-16/h6,8,10,13,16,22,24-25H,3,7H2,1-2H3,(H2,18,19,20)/t10?,13?,16?,17-/m1/s1. The number of carbonyl (C=O) groups is 1. The average Bonchev–Trinajstić information content (AvgIpc) is 3.10. The normalized spacial score (nSPS) is 27.4. The molecule has 0 saturated carbocycles. The van der Waals surface area contributed by atoms with Crippen LogP contribution in [0.1, 0.15) is 25.6 Å². The first kappa shape index (κ1) is 19.1. The zero-order valence-electron chi connectivity index (χ0n) is 14.8. The van der Waals surface area contributed by atoms with Gasteiger partial charge in [-0.15, -0.1) is 0 Å². The Morgan fingerprint density at radius 1 is 1.52 bits per heavy atom. The Bertz CT molecular complexity index is 929. The van der Waals surface area contributed by atoms with Gasteiger partial charge in [0.1, 0.15) is 35.6 Å². The maximum absolute atomic E-state index is 11.5. The molecule has 0 amide bonds. The monoisotopic (exact) mass is 376 g/mol. The van der Waals surface area contributed by atoms with Crippen molar-refractivity contribution in [2.45, 2.75) is 37.9 Å². The average molecular weight is 376 g/mol. The second kappa shape index (κ2) is 7.13. The summed E-state index contributed by atoms with van der Waals surface area (Å²) in [6.45, 7) is 2.78. The Hall–Kier alpha value is -2.71. The Morgan fingerprint density at radius 3 is 2.89 bits per heavy atom. The fourth-order valence-corrected chi connectivity index (χ4v) is 3.06. The Labute approximate surface area is 154 Å².